The highest BCUT2D eigenvalue weighted by atomic mass is 32.1. The van der Waals surface area contributed by atoms with Gasteiger partial charge in [0.1, 0.15) is 0 Å². The van der Waals surface area contributed by atoms with Gasteiger partial charge in [0.2, 0.25) is 0 Å². The number of halogens is 6. The molecule has 2 N–H and O–H groups in total. The van der Waals surface area contributed by atoms with Gasteiger partial charge in [-0.1, -0.05) is 0 Å². The first-order valence-electron chi connectivity index (χ1n) is 10.1. The van der Waals surface area contributed by atoms with E-state index in [1.165, 1.54) is 62.7 Å². The number of nitrogens with zero attached hydrogens (tertiary/aromatic N) is 3. The normalized spacial score (nSPS) is 20.3. The molecule has 4 rings (SSSR count). The molecule has 0 bridgehead atoms. The summed E-state index contributed by atoms with van der Waals surface area (Å²) in [5.41, 5.74) is 1.91. The lowest BCUT2D eigenvalue weighted by Gasteiger charge is -2.48. The number of likely N-dealkylation sites (tertiary alicyclic amines) is 2. The molecule has 14 heteroatoms. The number of aromatic nitrogens is 1. The summed E-state index contributed by atoms with van der Waals surface area (Å²) in [6.45, 7) is 9.83. The molecule has 3 heterocycles. The molecule has 1 aromatic heterocycles. The van der Waals surface area contributed by atoms with Crippen molar-refractivity contribution in [3.05, 3.63) is 16.1 Å². The lowest BCUT2D eigenvalue weighted by Crippen LogP contribution is -2.57. The Morgan fingerprint density at radius 3 is 1.94 bits per heavy atom. The predicted molar refractivity (Wildman–Crippen MR) is 106 cm³/mol. The van der Waals surface area contributed by atoms with Gasteiger partial charge in [-0.25, -0.2) is 14.6 Å². The Morgan fingerprint density at radius 1 is 1.06 bits per heavy atom. The molecule has 0 amide bonds. The van der Waals surface area contributed by atoms with Crippen LogP contribution in [0.4, 0.5) is 26.3 Å². The molecule has 1 saturated carbocycles. The highest BCUT2D eigenvalue weighted by molar-refractivity contribution is 7.09. The molecule has 3 aliphatic rings. The highest BCUT2D eigenvalue weighted by Gasteiger charge is 2.48. The van der Waals surface area contributed by atoms with Gasteiger partial charge in [-0.05, 0) is 38.6 Å². The van der Waals surface area contributed by atoms with Gasteiger partial charge in [0.15, 0.2) is 0 Å². The molecule has 1 aromatic rings. The SMILES string of the molecule is Cc1nc(CN2CCC3(C2)CN(CC2CC2)C3)cs1.O=C(O)C(F)(F)F.O=C(O)C(F)(F)F. The van der Waals surface area contributed by atoms with E-state index in [2.05, 4.69) is 27.1 Å². The second kappa shape index (κ2) is 10.6. The van der Waals surface area contributed by atoms with Gasteiger partial charge in [-0.3, -0.25) is 4.90 Å². The maximum Gasteiger partial charge on any atom is 0.490 e. The molecule has 0 unspecified atom stereocenters. The van der Waals surface area contributed by atoms with Crippen LogP contribution in [-0.2, 0) is 16.1 Å². The Labute approximate surface area is 190 Å². The second-order valence-corrected chi connectivity index (χ2v) is 9.60. The number of carbonyl (C=O) groups is 2. The van der Waals surface area contributed by atoms with E-state index in [1.54, 1.807) is 11.3 Å². The lowest BCUT2D eigenvalue weighted by molar-refractivity contribution is -0.193. The van der Waals surface area contributed by atoms with Crippen LogP contribution in [0.3, 0.4) is 0 Å². The van der Waals surface area contributed by atoms with E-state index in [0.29, 0.717) is 5.41 Å². The molecule has 3 fully saturated rings. The lowest BCUT2D eigenvalue weighted by atomic mass is 9.79. The van der Waals surface area contributed by atoms with Crippen molar-refractivity contribution in [2.24, 2.45) is 11.3 Å². The van der Waals surface area contributed by atoms with Crippen LogP contribution in [0.25, 0.3) is 0 Å². The quantitative estimate of drug-likeness (QED) is 0.604. The molecule has 0 atom stereocenters. The zero-order valence-electron chi connectivity index (χ0n) is 17.7. The number of carboxylic acids is 2. The number of aliphatic carboxylic acids is 2. The second-order valence-electron chi connectivity index (χ2n) is 8.54. The smallest absolute Gasteiger partial charge is 0.475 e. The molecular weight excluding hydrogens is 480 g/mol. The number of thiazole rings is 1. The topological polar surface area (TPSA) is 94.0 Å². The summed E-state index contributed by atoms with van der Waals surface area (Å²) in [4.78, 5) is 27.7. The molecule has 2 aliphatic heterocycles. The van der Waals surface area contributed by atoms with E-state index < -0.39 is 24.3 Å². The maximum absolute atomic E-state index is 10.6. The minimum absolute atomic E-state index is 0.639. The van der Waals surface area contributed by atoms with Gasteiger partial charge in [0.05, 0.1) is 10.7 Å². The van der Waals surface area contributed by atoms with Crippen LogP contribution in [-0.4, -0.2) is 82.0 Å². The van der Waals surface area contributed by atoms with Crippen LogP contribution in [0, 0.1) is 18.3 Å². The number of aryl methyl sites for hydroxylation is 1. The monoisotopic (exact) mass is 505 g/mol. The molecule has 0 aromatic carbocycles. The Morgan fingerprint density at radius 2 is 1.55 bits per heavy atom. The van der Waals surface area contributed by atoms with Gasteiger partial charge in [0.25, 0.3) is 0 Å². The molecular formula is C19H25F6N3O4S. The van der Waals surface area contributed by atoms with Crippen molar-refractivity contribution in [3.63, 3.8) is 0 Å². The van der Waals surface area contributed by atoms with E-state index in [1.807, 2.05) is 0 Å². The first-order valence-corrected chi connectivity index (χ1v) is 10.9. The average Bonchev–Trinajstić information content (AvgIpc) is 3.22. The van der Waals surface area contributed by atoms with Gasteiger partial charge in [-0.2, -0.15) is 26.3 Å². The zero-order chi connectivity index (χ0) is 25.0. The van der Waals surface area contributed by atoms with Crippen LogP contribution < -0.4 is 0 Å². The van der Waals surface area contributed by atoms with Crippen molar-refractivity contribution >= 4 is 23.3 Å². The van der Waals surface area contributed by atoms with Crippen molar-refractivity contribution < 1.29 is 46.1 Å². The summed E-state index contributed by atoms with van der Waals surface area (Å²) in [5.74, 6) is -4.46. The number of hydrogen-bond donors (Lipinski definition) is 2. The van der Waals surface area contributed by atoms with Crippen molar-refractivity contribution in [2.75, 3.05) is 32.7 Å². The van der Waals surface area contributed by atoms with E-state index in [9.17, 15) is 26.3 Å². The molecule has 33 heavy (non-hydrogen) atoms. The molecule has 7 nitrogen and oxygen atoms in total. The van der Waals surface area contributed by atoms with E-state index in [-0.39, 0.29) is 0 Å². The zero-order valence-corrected chi connectivity index (χ0v) is 18.6. The summed E-state index contributed by atoms with van der Waals surface area (Å²) < 4.78 is 63.5. The number of alkyl halides is 6. The Kier molecular flexibility index (Phi) is 8.74. The molecule has 1 spiro atoms. The maximum atomic E-state index is 10.6. The standard InChI is InChI=1S/C15H23N3S.2C2HF3O2/c1-12-16-14(8-19-12)7-17-5-4-15(9-17)10-18(11-15)6-13-2-3-13;2*3-2(4,5)1(6)7/h8,13H,2-7,9-11H2,1H3;2*(H,6,7). The van der Waals surface area contributed by atoms with Gasteiger partial charge in [0, 0.05) is 43.5 Å². The summed E-state index contributed by atoms with van der Waals surface area (Å²) in [6.07, 6.45) is -5.80. The Hall–Kier alpha value is -1.93. The largest absolute Gasteiger partial charge is 0.490 e. The molecule has 1 aliphatic carbocycles. The van der Waals surface area contributed by atoms with Crippen LogP contribution >= 0.6 is 11.3 Å². The van der Waals surface area contributed by atoms with Crippen LogP contribution in [0.2, 0.25) is 0 Å². The molecule has 0 radical (unpaired) electrons. The van der Waals surface area contributed by atoms with Crippen molar-refractivity contribution in [1.82, 2.24) is 14.8 Å². The fourth-order valence-corrected chi connectivity index (χ4v) is 4.43. The third-order valence-corrected chi connectivity index (χ3v) is 6.21. The van der Waals surface area contributed by atoms with Crippen LogP contribution in [0.15, 0.2) is 5.38 Å². The van der Waals surface area contributed by atoms with Crippen molar-refractivity contribution in [3.8, 4) is 0 Å². The van der Waals surface area contributed by atoms with Crippen molar-refractivity contribution in [2.45, 2.75) is 45.1 Å². The van der Waals surface area contributed by atoms with Crippen molar-refractivity contribution in [1.29, 1.82) is 0 Å². The Bertz CT molecular complexity index is 795. The van der Waals surface area contributed by atoms with Gasteiger partial charge < -0.3 is 15.1 Å². The Balaban J connectivity index is 0.000000230. The summed E-state index contributed by atoms with van der Waals surface area (Å²) in [5, 5.41) is 17.7. The number of hydrogen-bond acceptors (Lipinski definition) is 6. The molecule has 188 valence electrons. The summed E-state index contributed by atoms with van der Waals surface area (Å²) >= 11 is 1.78. The molecule has 2 saturated heterocycles. The van der Waals surface area contributed by atoms with Crippen LogP contribution in [0.5, 0.6) is 0 Å². The average molecular weight is 505 g/mol. The fourth-order valence-electron chi connectivity index (χ4n) is 3.83. The van der Waals surface area contributed by atoms with E-state index in [0.717, 1.165) is 12.5 Å². The minimum atomic E-state index is -5.08. The van der Waals surface area contributed by atoms with E-state index in [4.69, 9.17) is 19.8 Å². The first-order chi connectivity index (χ1) is 15.1. The first kappa shape index (κ1) is 27.3. The number of carboxylic acid groups (broad SMARTS) is 2. The predicted octanol–water partition coefficient (Wildman–Crippen LogP) is 3.64. The fraction of sp³-hybridized carbons (Fsp3) is 0.737. The minimum Gasteiger partial charge on any atom is -0.475 e. The highest BCUT2D eigenvalue weighted by Crippen LogP contribution is 2.42. The van der Waals surface area contributed by atoms with Crippen LogP contribution in [0.1, 0.15) is 30.0 Å². The van der Waals surface area contributed by atoms with Gasteiger partial charge in [-0.15, -0.1) is 11.3 Å². The number of rotatable bonds is 4. The third-order valence-electron chi connectivity index (χ3n) is 5.39. The summed E-state index contributed by atoms with van der Waals surface area (Å²) in [6, 6.07) is 0. The third kappa shape index (κ3) is 9.08. The van der Waals surface area contributed by atoms with Gasteiger partial charge >= 0.3 is 24.3 Å². The summed E-state index contributed by atoms with van der Waals surface area (Å²) in [7, 11) is 0. The van der Waals surface area contributed by atoms with E-state index >= 15 is 0 Å².